The summed E-state index contributed by atoms with van der Waals surface area (Å²) in [5, 5.41) is 0. The monoisotopic (exact) mass is 188 g/mol. The predicted octanol–water partition coefficient (Wildman–Crippen LogP) is 0.179. The van der Waals surface area contributed by atoms with Crippen LogP contribution in [0.25, 0.3) is 0 Å². The first kappa shape index (κ1) is 8.95. The van der Waals surface area contributed by atoms with E-state index in [-0.39, 0.29) is 6.61 Å². The van der Waals surface area contributed by atoms with Crippen LogP contribution < -0.4 is 0 Å². The number of rotatable bonds is 4. The molecule has 0 spiro atoms. The molecule has 0 aromatic carbocycles. The van der Waals surface area contributed by atoms with Crippen molar-refractivity contribution >= 4 is 10.3 Å². The number of aromatic nitrogens is 2. The number of hydrogen-bond acceptors (Lipinski definition) is 4. The number of imidazole rings is 1. The van der Waals surface area contributed by atoms with Gasteiger partial charge in [-0.25, -0.2) is 13.1 Å². The van der Waals surface area contributed by atoms with Crippen LogP contribution in [-0.2, 0) is 14.5 Å². The first-order valence-corrected chi connectivity index (χ1v) is 4.52. The van der Waals surface area contributed by atoms with E-state index in [0.717, 1.165) is 10.3 Å². The Morgan fingerprint density at radius 1 is 1.67 bits per heavy atom. The molecule has 0 atom stereocenters. The van der Waals surface area contributed by atoms with Gasteiger partial charge in [0.15, 0.2) is 0 Å². The number of nitrogens with zero attached hydrogens (tertiary/aromatic N) is 2. The average Bonchev–Trinajstić information content (AvgIpc) is 2.53. The van der Waals surface area contributed by atoms with E-state index >= 15 is 0 Å². The summed E-state index contributed by atoms with van der Waals surface area (Å²) in [5.41, 5.74) is 0. The van der Waals surface area contributed by atoms with Crippen LogP contribution in [0.5, 0.6) is 0 Å². The van der Waals surface area contributed by atoms with Crippen molar-refractivity contribution in [2.45, 2.75) is 0 Å². The van der Waals surface area contributed by atoms with Crippen LogP contribution in [-0.4, -0.2) is 24.0 Å². The Kier molecular flexibility index (Phi) is 2.61. The summed E-state index contributed by atoms with van der Waals surface area (Å²) in [7, 11) is -3.70. The highest BCUT2D eigenvalue weighted by Crippen LogP contribution is 1.97. The molecule has 0 unspecified atom stereocenters. The van der Waals surface area contributed by atoms with Gasteiger partial charge in [-0.15, -0.1) is 6.58 Å². The molecule has 0 fully saturated rings. The lowest BCUT2D eigenvalue weighted by atomic mass is 10.7. The predicted molar refractivity (Wildman–Crippen MR) is 42.7 cm³/mol. The zero-order valence-electron chi connectivity index (χ0n) is 6.25. The maximum absolute atomic E-state index is 11.1. The van der Waals surface area contributed by atoms with Gasteiger partial charge in [0, 0.05) is 12.4 Å². The third-order valence-corrected chi connectivity index (χ3v) is 2.24. The quantitative estimate of drug-likeness (QED) is 0.632. The molecule has 5 nitrogen and oxygen atoms in total. The topological polar surface area (TPSA) is 61.2 Å². The van der Waals surface area contributed by atoms with Crippen LogP contribution >= 0.6 is 0 Å². The minimum atomic E-state index is -3.70. The van der Waals surface area contributed by atoms with Gasteiger partial charge in [-0.05, 0) is 0 Å². The fourth-order valence-electron chi connectivity index (χ4n) is 0.574. The Hall–Kier alpha value is -1.14. The Labute approximate surface area is 70.6 Å². The Morgan fingerprint density at radius 2 is 2.42 bits per heavy atom. The molecule has 0 bridgehead atoms. The molecule has 6 heteroatoms. The van der Waals surface area contributed by atoms with Crippen molar-refractivity contribution in [2.24, 2.45) is 0 Å². The third kappa shape index (κ3) is 1.93. The molecule has 0 aliphatic rings. The van der Waals surface area contributed by atoms with E-state index in [2.05, 4.69) is 15.7 Å². The van der Waals surface area contributed by atoms with Gasteiger partial charge in [-0.2, -0.15) is 8.42 Å². The fourth-order valence-corrected chi connectivity index (χ4v) is 1.34. The first-order chi connectivity index (χ1) is 5.67. The van der Waals surface area contributed by atoms with E-state index in [4.69, 9.17) is 0 Å². The Balaban J connectivity index is 2.80. The summed E-state index contributed by atoms with van der Waals surface area (Å²) in [4.78, 5) is 3.57. The zero-order valence-corrected chi connectivity index (χ0v) is 7.07. The van der Waals surface area contributed by atoms with E-state index in [1.807, 2.05) is 0 Å². The summed E-state index contributed by atoms with van der Waals surface area (Å²) in [6, 6.07) is 0. The molecule has 0 amide bonds. The Bertz CT molecular complexity index is 341. The van der Waals surface area contributed by atoms with Gasteiger partial charge in [0.2, 0.25) is 0 Å². The second-order valence-electron chi connectivity index (χ2n) is 1.92. The highest BCUT2D eigenvalue weighted by atomic mass is 32.2. The minimum absolute atomic E-state index is 0.0412. The van der Waals surface area contributed by atoms with E-state index in [1.54, 1.807) is 0 Å². The van der Waals surface area contributed by atoms with Crippen molar-refractivity contribution in [2.75, 3.05) is 6.61 Å². The van der Waals surface area contributed by atoms with E-state index in [1.165, 1.54) is 18.5 Å². The lowest BCUT2D eigenvalue weighted by Crippen LogP contribution is -2.14. The van der Waals surface area contributed by atoms with Gasteiger partial charge in [-0.1, -0.05) is 6.08 Å². The van der Waals surface area contributed by atoms with Crippen LogP contribution in [0.2, 0.25) is 0 Å². The smallest absolute Gasteiger partial charge is 0.249 e. The van der Waals surface area contributed by atoms with Gasteiger partial charge >= 0.3 is 10.3 Å². The van der Waals surface area contributed by atoms with Crippen molar-refractivity contribution in [1.82, 2.24) is 8.96 Å². The minimum Gasteiger partial charge on any atom is -0.249 e. The first-order valence-electron chi connectivity index (χ1n) is 3.15. The molecule has 1 rings (SSSR count). The van der Waals surface area contributed by atoms with Crippen LogP contribution in [0, 0.1) is 0 Å². The molecule has 1 aromatic rings. The molecule has 12 heavy (non-hydrogen) atoms. The van der Waals surface area contributed by atoms with Gasteiger partial charge in [0.05, 0.1) is 6.61 Å². The lowest BCUT2D eigenvalue weighted by Gasteiger charge is -2.01. The molecule has 0 saturated heterocycles. The number of hydrogen-bond donors (Lipinski definition) is 0. The SMILES string of the molecule is C=CCOS(=O)(=O)n1ccnc1. The lowest BCUT2D eigenvalue weighted by molar-refractivity contribution is 0.350. The summed E-state index contributed by atoms with van der Waals surface area (Å²) < 4.78 is 27.6. The Morgan fingerprint density at radius 3 is 2.92 bits per heavy atom. The fraction of sp³-hybridized carbons (Fsp3) is 0.167. The second-order valence-corrected chi connectivity index (χ2v) is 3.44. The van der Waals surface area contributed by atoms with E-state index < -0.39 is 10.3 Å². The normalized spacial score (nSPS) is 11.3. The van der Waals surface area contributed by atoms with E-state index in [9.17, 15) is 8.42 Å². The standard InChI is InChI=1S/C6H8N2O3S/c1-2-5-11-12(9,10)8-4-3-7-6-8/h2-4,6H,1,5H2. The largest absolute Gasteiger partial charge is 0.367 e. The molecule has 66 valence electrons. The maximum atomic E-state index is 11.1. The highest BCUT2D eigenvalue weighted by molar-refractivity contribution is 7.85. The molecule has 0 aliphatic heterocycles. The molecule has 0 saturated carbocycles. The zero-order chi connectivity index (χ0) is 9.03. The van der Waals surface area contributed by atoms with Crippen molar-refractivity contribution in [3.63, 3.8) is 0 Å². The van der Waals surface area contributed by atoms with E-state index in [0.29, 0.717) is 0 Å². The molecule has 0 radical (unpaired) electrons. The molecule has 0 aliphatic carbocycles. The summed E-state index contributed by atoms with van der Waals surface area (Å²) >= 11 is 0. The van der Waals surface area contributed by atoms with Crippen molar-refractivity contribution < 1.29 is 12.6 Å². The maximum Gasteiger partial charge on any atom is 0.367 e. The molecule has 1 aromatic heterocycles. The summed E-state index contributed by atoms with van der Waals surface area (Å²) in [6.07, 6.45) is 5.15. The van der Waals surface area contributed by atoms with Crippen LogP contribution in [0.4, 0.5) is 0 Å². The van der Waals surface area contributed by atoms with Crippen LogP contribution in [0.1, 0.15) is 0 Å². The molecule has 0 N–H and O–H groups in total. The summed E-state index contributed by atoms with van der Waals surface area (Å²) in [6.45, 7) is 3.29. The highest BCUT2D eigenvalue weighted by Gasteiger charge is 2.10. The van der Waals surface area contributed by atoms with Gasteiger partial charge in [-0.3, -0.25) is 0 Å². The molecular weight excluding hydrogens is 180 g/mol. The third-order valence-electron chi connectivity index (χ3n) is 1.07. The summed E-state index contributed by atoms with van der Waals surface area (Å²) in [5.74, 6) is 0. The average molecular weight is 188 g/mol. The van der Waals surface area contributed by atoms with Crippen LogP contribution in [0.15, 0.2) is 31.4 Å². The van der Waals surface area contributed by atoms with Gasteiger partial charge in [0.25, 0.3) is 0 Å². The van der Waals surface area contributed by atoms with Gasteiger partial charge in [0.1, 0.15) is 6.33 Å². The van der Waals surface area contributed by atoms with Gasteiger partial charge < -0.3 is 0 Å². The van der Waals surface area contributed by atoms with Crippen molar-refractivity contribution in [1.29, 1.82) is 0 Å². The van der Waals surface area contributed by atoms with Crippen LogP contribution in [0.3, 0.4) is 0 Å². The molecular formula is C6H8N2O3S. The second kappa shape index (κ2) is 3.51. The van der Waals surface area contributed by atoms with Crippen molar-refractivity contribution in [3.8, 4) is 0 Å². The molecule has 1 heterocycles. The van der Waals surface area contributed by atoms with Crippen molar-refractivity contribution in [3.05, 3.63) is 31.4 Å².